The highest BCUT2D eigenvalue weighted by Crippen LogP contribution is 2.30. The molecule has 0 aromatic heterocycles. The summed E-state index contributed by atoms with van der Waals surface area (Å²) in [7, 11) is 0. The molecule has 0 aliphatic carbocycles. The molecule has 136 valence electrons. The van der Waals surface area contributed by atoms with Crippen LogP contribution >= 0.6 is 11.8 Å². The number of rotatable bonds is 6. The first-order valence-electron chi connectivity index (χ1n) is 9.51. The summed E-state index contributed by atoms with van der Waals surface area (Å²) in [6.07, 6.45) is 3.26. The summed E-state index contributed by atoms with van der Waals surface area (Å²) in [6, 6.07) is 40.7. The third kappa shape index (κ3) is 4.82. The molecule has 0 N–H and O–H groups in total. The van der Waals surface area contributed by atoms with Crippen LogP contribution in [0.1, 0.15) is 16.7 Å². The van der Waals surface area contributed by atoms with Crippen molar-refractivity contribution in [1.29, 1.82) is 0 Å². The SMILES string of the molecule is C(/Cc1ccccc1)=C(/c1ccccc1)c1ccc(Sc2ccccc2)cc1. The molecule has 0 fully saturated rings. The zero-order chi connectivity index (χ0) is 19.0. The largest absolute Gasteiger partial charge is 0.0901 e. The van der Waals surface area contributed by atoms with Crippen LogP contribution in [0.2, 0.25) is 0 Å². The van der Waals surface area contributed by atoms with Crippen LogP contribution in [-0.4, -0.2) is 0 Å². The van der Waals surface area contributed by atoms with E-state index in [4.69, 9.17) is 0 Å². The van der Waals surface area contributed by atoms with Crippen LogP contribution in [0.15, 0.2) is 131 Å². The lowest BCUT2D eigenvalue weighted by Gasteiger charge is -2.10. The zero-order valence-electron chi connectivity index (χ0n) is 15.7. The van der Waals surface area contributed by atoms with Crippen molar-refractivity contribution in [2.24, 2.45) is 0 Å². The Kier molecular flexibility index (Phi) is 6.06. The van der Waals surface area contributed by atoms with Gasteiger partial charge in [0.15, 0.2) is 0 Å². The topological polar surface area (TPSA) is 0 Å². The standard InChI is InChI=1S/C27H22S/c1-4-10-22(11-5-1)16-21-27(23-12-6-2-7-13-23)24-17-19-26(20-18-24)28-25-14-8-3-9-15-25/h1-15,17-21H,16H2/b27-21+. The van der Waals surface area contributed by atoms with Gasteiger partial charge in [0.2, 0.25) is 0 Å². The fourth-order valence-electron chi connectivity index (χ4n) is 3.18. The van der Waals surface area contributed by atoms with E-state index < -0.39 is 0 Å². The minimum Gasteiger partial charge on any atom is -0.0901 e. The predicted octanol–water partition coefficient (Wildman–Crippen LogP) is 7.51. The van der Waals surface area contributed by atoms with Crippen molar-refractivity contribution in [3.8, 4) is 0 Å². The summed E-state index contributed by atoms with van der Waals surface area (Å²) in [6.45, 7) is 0. The molecule has 4 aromatic rings. The van der Waals surface area contributed by atoms with Crippen LogP contribution < -0.4 is 0 Å². The van der Waals surface area contributed by atoms with E-state index in [0.29, 0.717) is 0 Å². The molecule has 1 heteroatoms. The molecular weight excluding hydrogens is 356 g/mol. The second-order valence-corrected chi connectivity index (χ2v) is 7.76. The van der Waals surface area contributed by atoms with Gasteiger partial charge >= 0.3 is 0 Å². The number of benzene rings is 4. The van der Waals surface area contributed by atoms with E-state index in [2.05, 4.69) is 121 Å². The van der Waals surface area contributed by atoms with Crippen molar-refractivity contribution in [3.05, 3.63) is 138 Å². The monoisotopic (exact) mass is 378 g/mol. The van der Waals surface area contributed by atoms with Gasteiger partial charge in [-0.3, -0.25) is 0 Å². The molecule has 0 aliphatic heterocycles. The second kappa shape index (κ2) is 9.25. The minimum atomic E-state index is 0.922. The van der Waals surface area contributed by atoms with E-state index in [1.807, 2.05) is 0 Å². The smallest absolute Gasteiger partial charge is 0.0122 e. The molecule has 0 radical (unpaired) electrons. The molecule has 0 unspecified atom stereocenters. The molecule has 4 rings (SSSR count). The maximum atomic E-state index is 2.34. The van der Waals surface area contributed by atoms with Gasteiger partial charge < -0.3 is 0 Å². The summed E-state index contributed by atoms with van der Waals surface area (Å²) in [4.78, 5) is 2.52. The van der Waals surface area contributed by atoms with Gasteiger partial charge in [-0.1, -0.05) is 109 Å². The quantitative estimate of drug-likeness (QED) is 0.334. The Morgan fingerprint density at radius 2 is 1.04 bits per heavy atom. The lowest BCUT2D eigenvalue weighted by Crippen LogP contribution is -1.90. The number of allylic oxidation sites excluding steroid dienone is 1. The Hall–Kier alpha value is -3.03. The molecule has 0 nitrogen and oxygen atoms in total. The van der Waals surface area contributed by atoms with E-state index in [0.717, 1.165) is 6.42 Å². The van der Waals surface area contributed by atoms with Gasteiger partial charge in [-0.05, 0) is 52.9 Å². The number of hydrogen-bond acceptors (Lipinski definition) is 1. The van der Waals surface area contributed by atoms with Gasteiger partial charge in [0, 0.05) is 9.79 Å². The molecule has 0 bridgehead atoms. The summed E-state index contributed by atoms with van der Waals surface area (Å²) in [5.41, 5.74) is 5.11. The first-order chi connectivity index (χ1) is 13.9. The summed E-state index contributed by atoms with van der Waals surface area (Å²) < 4.78 is 0. The molecule has 0 amide bonds. The summed E-state index contributed by atoms with van der Waals surface area (Å²) in [5, 5.41) is 0. The van der Waals surface area contributed by atoms with Crippen molar-refractivity contribution < 1.29 is 0 Å². The van der Waals surface area contributed by atoms with Gasteiger partial charge in [-0.15, -0.1) is 0 Å². The normalized spacial score (nSPS) is 11.4. The van der Waals surface area contributed by atoms with Crippen LogP contribution in [0.25, 0.3) is 5.57 Å². The molecule has 0 atom stereocenters. The van der Waals surface area contributed by atoms with Crippen LogP contribution in [-0.2, 0) is 6.42 Å². The minimum absolute atomic E-state index is 0.922. The van der Waals surface area contributed by atoms with Crippen molar-refractivity contribution in [2.75, 3.05) is 0 Å². The first-order valence-corrected chi connectivity index (χ1v) is 10.3. The second-order valence-electron chi connectivity index (χ2n) is 6.61. The fraction of sp³-hybridized carbons (Fsp3) is 0.0370. The molecule has 0 saturated carbocycles. The third-order valence-corrected chi connectivity index (χ3v) is 5.63. The van der Waals surface area contributed by atoms with E-state index >= 15 is 0 Å². The summed E-state index contributed by atoms with van der Waals surface area (Å²) in [5.74, 6) is 0. The average Bonchev–Trinajstić information content (AvgIpc) is 2.77. The zero-order valence-corrected chi connectivity index (χ0v) is 16.5. The Morgan fingerprint density at radius 3 is 1.68 bits per heavy atom. The van der Waals surface area contributed by atoms with Crippen molar-refractivity contribution in [2.45, 2.75) is 16.2 Å². The Labute approximate surface area is 171 Å². The van der Waals surface area contributed by atoms with Crippen molar-refractivity contribution >= 4 is 17.3 Å². The van der Waals surface area contributed by atoms with Crippen LogP contribution in [0, 0.1) is 0 Å². The van der Waals surface area contributed by atoms with Crippen LogP contribution in [0.3, 0.4) is 0 Å². The molecule has 28 heavy (non-hydrogen) atoms. The van der Waals surface area contributed by atoms with Crippen molar-refractivity contribution in [1.82, 2.24) is 0 Å². The Morgan fingerprint density at radius 1 is 0.536 bits per heavy atom. The highest BCUT2D eigenvalue weighted by molar-refractivity contribution is 7.99. The Bertz CT molecular complexity index is 1020. The van der Waals surface area contributed by atoms with Gasteiger partial charge in [0.05, 0.1) is 0 Å². The third-order valence-electron chi connectivity index (χ3n) is 4.61. The maximum absolute atomic E-state index is 2.34. The first kappa shape index (κ1) is 18.3. The van der Waals surface area contributed by atoms with Crippen molar-refractivity contribution in [3.63, 3.8) is 0 Å². The molecule has 4 aromatic carbocycles. The summed E-state index contributed by atoms with van der Waals surface area (Å²) >= 11 is 1.79. The van der Waals surface area contributed by atoms with E-state index in [-0.39, 0.29) is 0 Å². The van der Waals surface area contributed by atoms with E-state index in [1.165, 1.54) is 32.1 Å². The molecular formula is C27H22S. The van der Waals surface area contributed by atoms with Crippen LogP contribution in [0.5, 0.6) is 0 Å². The van der Waals surface area contributed by atoms with E-state index in [9.17, 15) is 0 Å². The van der Waals surface area contributed by atoms with Gasteiger partial charge in [-0.25, -0.2) is 0 Å². The molecule has 0 heterocycles. The maximum Gasteiger partial charge on any atom is 0.0122 e. The van der Waals surface area contributed by atoms with E-state index in [1.54, 1.807) is 11.8 Å². The lowest BCUT2D eigenvalue weighted by atomic mass is 9.96. The fourth-order valence-corrected chi connectivity index (χ4v) is 4.02. The highest BCUT2D eigenvalue weighted by atomic mass is 32.2. The van der Waals surface area contributed by atoms with Gasteiger partial charge in [0.1, 0.15) is 0 Å². The van der Waals surface area contributed by atoms with Gasteiger partial charge in [-0.2, -0.15) is 0 Å². The molecule has 0 spiro atoms. The Balaban J connectivity index is 1.61. The van der Waals surface area contributed by atoms with Crippen LogP contribution in [0.4, 0.5) is 0 Å². The molecule has 0 aliphatic rings. The molecule has 0 saturated heterocycles. The predicted molar refractivity (Wildman–Crippen MR) is 121 cm³/mol. The number of hydrogen-bond donors (Lipinski definition) is 0. The highest BCUT2D eigenvalue weighted by Gasteiger charge is 2.06. The average molecular weight is 379 g/mol. The lowest BCUT2D eigenvalue weighted by molar-refractivity contribution is 1.27. The van der Waals surface area contributed by atoms with Gasteiger partial charge in [0.25, 0.3) is 0 Å².